The van der Waals surface area contributed by atoms with Gasteiger partial charge in [0.25, 0.3) is 5.91 Å². The highest BCUT2D eigenvalue weighted by Gasteiger charge is 2.30. The number of rotatable bonds is 2. The van der Waals surface area contributed by atoms with Crippen LogP contribution < -0.4 is 0 Å². The summed E-state index contributed by atoms with van der Waals surface area (Å²) in [6.45, 7) is 6.59. The third-order valence-corrected chi connectivity index (χ3v) is 6.18. The largest absolute Gasteiger partial charge is 0.361 e. The van der Waals surface area contributed by atoms with E-state index >= 15 is 0 Å². The molecular formula is C22H20BrN5O2. The van der Waals surface area contributed by atoms with Crippen molar-refractivity contribution in [3.63, 3.8) is 0 Å². The lowest BCUT2D eigenvalue weighted by molar-refractivity contribution is 0.0671. The maximum absolute atomic E-state index is 13.3. The fourth-order valence-electron chi connectivity index (χ4n) is 4.25. The zero-order valence-electron chi connectivity index (χ0n) is 16.9. The van der Waals surface area contributed by atoms with Gasteiger partial charge in [-0.2, -0.15) is 5.10 Å². The van der Waals surface area contributed by atoms with Gasteiger partial charge in [0.1, 0.15) is 5.76 Å². The molecule has 0 aliphatic carbocycles. The highest BCUT2D eigenvalue weighted by Crippen LogP contribution is 2.35. The lowest BCUT2D eigenvalue weighted by Gasteiger charge is -2.35. The summed E-state index contributed by atoms with van der Waals surface area (Å²) in [6, 6.07) is 8.10. The molecule has 1 atom stereocenters. The van der Waals surface area contributed by atoms with Gasteiger partial charge in [-0.1, -0.05) is 17.3 Å². The first-order chi connectivity index (χ1) is 14.4. The van der Waals surface area contributed by atoms with Crippen LogP contribution in [0.2, 0.25) is 0 Å². The minimum absolute atomic E-state index is 0.0637. The molecule has 0 bridgehead atoms. The molecule has 0 spiro atoms. The smallest absolute Gasteiger partial charge is 0.274 e. The normalized spacial score (nSPS) is 16.1. The second-order valence-electron chi connectivity index (χ2n) is 7.64. The van der Waals surface area contributed by atoms with Crippen LogP contribution in [-0.4, -0.2) is 37.1 Å². The van der Waals surface area contributed by atoms with Crippen molar-refractivity contribution in [2.75, 3.05) is 6.54 Å². The molecule has 0 saturated heterocycles. The second kappa shape index (κ2) is 7.05. The van der Waals surface area contributed by atoms with E-state index < -0.39 is 0 Å². The van der Waals surface area contributed by atoms with Gasteiger partial charge in [-0.05, 0) is 65.9 Å². The molecule has 0 saturated carbocycles. The Morgan fingerprint density at radius 3 is 2.87 bits per heavy atom. The van der Waals surface area contributed by atoms with E-state index in [0.29, 0.717) is 17.9 Å². The number of halogens is 1. The van der Waals surface area contributed by atoms with Crippen molar-refractivity contribution < 1.29 is 9.32 Å². The van der Waals surface area contributed by atoms with Gasteiger partial charge in [0.15, 0.2) is 11.3 Å². The Labute approximate surface area is 181 Å². The molecule has 7 nitrogen and oxygen atoms in total. The molecule has 30 heavy (non-hydrogen) atoms. The number of aromatic nitrogens is 4. The first kappa shape index (κ1) is 19.0. The summed E-state index contributed by atoms with van der Waals surface area (Å²) in [7, 11) is 0. The number of carbonyl (C=O) groups is 1. The van der Waals surface area contributed by atoms with Crippen LogP contribution in [0.25, 0.3) is 16.8 Å². The summed E-state index contributed by atoms with van der Waals surface area (Å²) in [5.41, 5.74) is 6.41. The van der Waals surface area contributed by atoms with E-state index in [1.54, 1.807) is 23.0 Å². The van der Waals surface area contributed by atoms with E-state index in [4.69, 9.17) is 4.52 Å². The fourth-order valence-corrected chi connectivity index (χ4v) is 4.54. The highest BCUT2D eigenvalue weighted by atomic mass is 79.9. The Morgan fingerprint density at radius 2 is 2.10 bits per heavy atom. The van der Waals surface area contributed by atoms with E-state index in [2.05, 4.69) is 56.3 Å². The Morgan fingerprint density at radius 1 is 1.27 bits per heavy atom. The summed E-state index contributed by atoms with van der Waals surface area (Å²) in [6.07, 6.45) is 4.30. The number of hydrogen-bond donors (Lipinski definition) is 0. The van der Waals surface area contributed by atoms with E-state index in [1.807, 2.05) is 18.7 Å². The first-order valence-electron chi connectivity index (χ1n) is 9.80. The lowest BCUT2D eigenvalue weighted by Crippen LogP contribution is -2.39. The van der Waals surface area contributed by atoms with Crippen LogP contribution in [0.3, 0.4) is 0 Å². The summed E-state index contributed by atoms with van der Waals surface area (Å²) in [5.74, 6) is 0.713. The SMILES string of the molecule is Cc1noc(C)c1-c1ccc2c(c1)C(C)N(C(=O)c1cc3ncc(Br)cn3n1)CC2. The van der Waals surface area contributed by atoms with Gasteiger partial charge in [-0.15, -0.1) is 0 Å². The third kappa shape index (κ3) is 3.02. The van der Waals surface area contributed by atoms with Crippen molar-refractivity contribution >= 4 is 27.5 Å². The molecular weight excluding hydrogens is 446 g/mol. The summed E-state index contributed by atoms with van der Waals surface area (Å²) in [4.78, 5) is 19.5. The fraction of sp³-hybridized carbons (Fsp3) is 0.273. The van der Waals surface area contributed by atoms with Gasteiger partial charge in [-0.3, -0.25) is 4.79 Å². The van der Waals surface area contributed by atoms with Gasteiger partial charge in [0.05, 0.1) is 16.2 Å². The van der Waals surface area contributed by atoms with E-state index in [-0.39, 0.29) is 11.9 Å². The summed E-state index contributed by atoms with van der Waals surface area (Å²) < 4.78 is 7.77. The minimum Gasteiger partial charge on any atom is -0.361 e. The van der Waals surface area contributed by atoms with Crippen LogP contribution in [0.4, 0.5) is 0 Å². The summed E-state index contributed by atoms with van der Waals surface area (Å²) in [5, 5.41) is 8.51. The Balaban J connectivity index is 1.49. The van der Waals surface area contributed by atoms with Crippen LogP contribution in [0.5, 0.6) is 0 Å². The number of nitrogens with zero attached hydrogens (tertiary/aromatic N) is 5. The zero-order valence-corrected chi connectivity index (χ0v) is 18.5. The van der Waals surface area contributed by atoms with Gasteiger partial charge in [-0.25, -0.2) is 9.50 Å². The predicted octanol–water partition coefficient (Wildman–Crippen LogP) is 4.52. The second-order valence-corrected chi connectivity index (χ2v) is 8.56. The molecule has 1 amide bonds. The minimum atomic E-state index is -0.0856. The Bertz CT molecular complexity index is 1270. The average molecular weight is 466 g/mol. The van der Waals surface area contributed by atoms with Crippen molar-refractivity contribution in [1.29, 1.82) is 0 Å². The molecule has 5 rings (SSSR count). The predicted molar refractivity (Wildman–Crippen MR) is 115 cm³/mol. The molecule has 1 aliphatic rings. The molecule has 0 radical (unpaired) electrons. The molecule has 0 fully saturated rings. The van der Waals surface area contributed by atoms with E-state index in [1.165, 1.54) is 5.56 Å². The quantitative estimate of drug-likeness (QED) is 0.434. The maximum Gasteiger partial charge on any atom is 0.274 e. The maximum atomic E-state index is 13.3. The molecule has 152 valence electrons. The van der Waals surface area contributed by atoms with Gasteiger partial charge in [0, 0.05) is 30.6 Å². The standard InChI is InChI=1S/C22H20BrN5O2/c1-12-21(14(3)30-26-12)16-5-4-15-6-7-27(13(2)18(15)8-16)22(29)19-9-20-24-10-17(23)11-28(20)25-19/h4-5,8-11,13H,6-7H2,1-3H3. The van der Waals surface area contributed by atoms with Crippen LogP contribution in [0, 0.1) is 13.8 Å². The first-order valence-corrected chi connectivity index (χ1v) is 10.6. The van der Waals surface area contributed by atoms with Crippen molar-refractivity contribution in [2.45, 2.75) is 33.2 Å². The summed E-state index contributed by atoms with van der Waals surface area (Å²) >= 11 is 3.39. The molecule has 1 aliphatic heterocycles. The van der Waals surface area contributed by atoms with Crippen molar-refractivity contribution in [2.24, 2.45) is 0 Å². The van der Waals surface area contributed by atoms with Crippen LogP contribution in [0.15, 0.2) is 45.7 Å². The third-order valence-electron chi connectivity index (χ3n) is 5.77. The average Bonchev–Trinajstić information content (AvgIpc) is 3.30. The van der Waals surface area contributed by atoms with Gasteiger partial charge >= 0.3 is 0 Å². The van der Waals surface area contributed by atoms with Gasteiger partial charge < -0.3 is 9.42 Å². The number of carbonyl (C=O) groups excluding carboxylic acids is 1. The number of fused-ring (bicyclic) bond motifs is 2. The number of hydrogen-bond acceptors (Lipinski definition) is 5. The Hall–Kier alpha value is -3.00. The van der Waals surface area contributed by atoms with Gasteiger partial charge in [0.2, 0.25) is 0 Å². The van der Waals surface area contributed by atoms with Crippen molar-refractivity contribution in [3.05, 3.63) is 69.4 Å². The van der Waals surface area contributed by atoms with E-state index in [0.717, 1.165) is 39.0 Å². The van der Waals surface area contributed by atoms with Crippen LogP contribution in [0.1, 0.15) is 46.0 Å². The Kier molecular flexibility index (Phi) is 4.47. The number of amides is 1. The van der Waals surface area contributed by atoms with E-state index in [9.17, 15) is 4.79 Å². The van der Waals surface area contributed by atoms with Crippen molar-refractivity contribution in [1.82, 2.24) is 24.7 Å². The molecule has 8 heteroatoms. The van der Waals surface area contributed by atoms with Crippen LogP contribution >= 0.6 is 15.9 Å². The molecule has 3 aromatic heterocycles. The molecule has 1 unspecified atom stereocenters. The molecule has 4 heterocycles. The number of benzene rings is 1. The molecule has 4 aromatic rings. The van der Waals surface area contributed by atoms with Crippen LogP contribution in [-0.2, 0) is 6.42 Å². The lowest BCUT2D eigenvalue weighted by atomic mass is 9.89. The molecule has 1 aromatic carbocycles. The monoisotopic (exact) mass is 465 g/mol. The molecule has 0 N–H and O–H groups in total. The number of aryl methyl sites for hydroxylation is 2. The highest BCUT2D eigenvalue weighted by molar-refractivity contribution is 9.10. The topological polar surface area (TPSA) is 76.5 Å². The zero-order chi connectivity index (χ0) is 21.0. The van der Waals surface area contributed by atoms with Crippen molar-refractivity contribution in [3.8, 4) is 11.1 Å².